The van der Waals surface area contributed by atoms with E-state index >= 15 is 0 Å². The first kappa shape index (κ1) is 19.6. The predicted octanol–water partition coefficient (Wildman–Crippen LogP) is 3.06. The molecule has 23 heavy (non-hydrogen) atoms. The van der Waals surface area contributed by atoms with Crippen LogP contribution in [0.3, 0.4) is 0 Å². The SMILES string of the molecule is COCO[C@H]([C@H](C)CCOCc1ccc(OC)cc1)[C@@H](C)C=O. The van der Waals surface area contributed by atoms with E-state index in [0.717, 1.165) is 24.0 Å². The molecule has 3 atom stereocenters. The van der Waals surface area contributed by atoms with Crippen LogP contribution in [0.1, 0.15) is 25.8 Å². The minimum Gasteiger partial charge on any atom is -0.497 e. The molecule has 0 N–H and O–H groups in total. The van der Waals surface area contributed by atoms with Crippen molar-refractivity contribution < 1.29 is 23.7 Å². The van der Waals surface area contributed by atoms with Gasteiger partial charge in [-0.05, 0) is 30.0 Å². The van der Waals surface area contributed by atoms with E-state index in [4.69, 9.17) is 18.9 Å². The quantitative estimate of drug-likeness (QED) is 0.336. The van der Waals surface area contributed by atoms with E-state index in [-0.39, 0.29) is 24.7 Å². The van der Waals surface area contributed by atoms with E-state index in [2.05, 4.69) is 6.92 Å². The summed E-state index contributed by atoms with van der Waals surface area (Å²) >= 11 is 0. The lowest BCUT2D eigenvalue weighted by atomic mass is 9.92. The van der Waals surface area contributed by atoms with Crippen molar-refractivity contribution in [1.29, 1.82) is 0 Å². The average molecular weight is 324 g/mol. The molecule has 0 aliphatic carbocycles. The van der Waals surface area contributed by atoms with Crippen LogP contribution in [-0.2, 0) is 25.6 Å². The molecule has 0 amide bonds. The van der Waals surface area contributed by atoms with Crippen LogP contribution in [0.4, 0.5) is 0 Å². The zero-order valence-electron chi connectivity index (χ0n) is 14.5. The van der Waals surface area contributed by atoms with E-state index in [0.29, 0.717) is 13.2 Å². The third-order valence-electron chi connectivity index (χ3n) is 3.82. The van der Waals surface area contributed by atoms with Crippen LogP contribution in [0.5, 0.6) is 5.75 Å². The van der Waals surface area contributed by atoms with Crippen LogP contribution < -0.4 is 4.74 Å². The summed E-state index contributed by atoms with van der Waals surface area (Å²) in [6.45, 7) is 5.30. The van der Waals surface area contributed by atoms with Gasteiger partial charge in [-0.3, -0.25) is 0 Å². The van der Waals surface area contributed by atoms with Crippen LogP contribution in [0, 0.1) is 11.8 Å². The molecule has 0 aliphatic rings. The van der Waals surface area contributed by atoms with Gasteiger partial charge >= 0.3 is 0 Å². The largest absolute Gasteiger partial charge is 0.497 e. The molecule has 0 unspecified atom stereocenters. The molecule has 0 aromatic heterocycles. The highest BCUT2D eigenvalue weighted by molar-refractivity contribution is 5.53. The molecule has 0 saturated carbocycles. The Bertz CT molecular complexity index is 432. The molecular weight excluding hydrogens is 296 g/mol. The summed E-state index contributed by atoms with van der Waals surface area (Å²) in [6.07, 6.45) is 1.59. The van der Waals surface area contributed by atoms with Crippen molar-refractivity contribution in [2.24, 2.45) is 11.8 Å². The van der Waals surface area contributed by atoms with Crippen LogP contribution in [0.2, 0.25) is 0 Å². The highest BCUT2D eigenvalue weighted by atomic mass is 16.7. The highest BCUT2D eigenvalue weighted by Gasteiger charge is 2.24. The number of carbonyl (C=O) groups excluding carboxylic acids is 1. The Labute approximate surface area is 138 Å². The van der Waals surface area contributed by atoms with Gasteiger partial charge in [0.05, 0.1) is 19.8 Å². The Hall–Kier alpha value is -1.43. The molecule has 0 heterocycles. The lowest BCUT2D eigenvalue weighted by molar-refractivity contribution is -0.130. The number of methoxy groups -OCH3 is 2. The fourth-order valence-electron chi connectivity index (χ4n) is 2.40. The number of carbonyl (C=O) groups is 1. The lowest BCUT2D eigenvalue weighted by Crippen LogP contribution is -2.31. The summed E-state index contributed by atoms with van der Waals surface area (Å²) in [5.74, 6) is 0.881. The molecule has 1 aromatic rings. The first-order valence-corrected chi connectivity index (χ1v) is 7.88. The number of hydrogen-bond acceptors (Lipinski definition) is 5. The monoisotopic (exact) mass is 324 g/mol. The first-order chi connectivity index (χ1) is 11.1. The third kappa shape index (κ3) is 7.12. The van der Waals surface area contributed by atoms with Crippen molar-refractivity contribution >= 4 is 6.29 Å². The Morgan fingerprint density at radius 1 is 1.13 bits per heavy atom. The van der Waals surface area contributed by atoms with Gasteiger partial charge in [0.15, 0.2) is 0 Å². The van der Waals surface area contributed by atoms with Gasteiger partial charge in [0.2, 0.25) is 0 Å². The fourth-order valence-corrected chi connectivity index (χ4v) is 2.40. The molecule has 1 rings (SSSR count). The fraction of sp³-hybridized carbons (Fsp3) is 0.611. The Morgan fingerprint density at radius 2 is 1.83 bits per heavy atom. The maximum atomic E-state index is 11.0. The zero-order chi connectivity index (χ0) is 17.1. The average Bonchev–Trinajstić information content (AvgIpc) is 2.59. The smallest absolute Gasteiger partial charge is 0.146 e. The maximum absolute atomic E-state index is 11.0. The van der Waals surface area contributed by atoms with Gasteiger partial charge in [-0.15, -0.1) is 0 Å². The molecule has 0 spiro atoms. The van der Waals surface area contributed by atoms with Crippen molar-refractivity contribution in [2.75, 3.05) is 27.6 Å². The van der Waals surface area contributed by atoms with Gasteiger partial charge in [0, 0.05) is 19.6 Å². The van der Waals surface area contributed by atoms with Crippen LogP contribution >= 0.6 is 0 Å². The summed E-state index contributed by atoms with van der Waals surface area (Å²) < 4.78 is 21.4. The van der Waals surface area contributed by atoms with Crippen LogP contribution in [0.25, 0.3) is 0 Å². The van der Waals surface area contributed by atoms with Crippen LogP contribution in [0.15, 0.2) is 24.3 Å². The topological polar surface area (TPSA) is 54.0 Å². The predicted molar refractivity (Wildman–Crippen MR) is 88.4 cm³/mol. The second kappa shape index (κ2) is 11.2. The number of hydrogen-bond donors (Lipinski definition) is 0. The minimum absolute atomic E-state index is 0.156. The van der Waals surface area contributed by atoms with Gasteiger partial charge < -0.3 is 23.7 Å². The van der Waals surface area contributed by atoms with Gasteiger partial charge in [0.1, 0.15) is 18.8 Å². The summed E-state index contributed by atoms with van der Waals surface area (Å²) in [6, 6.07) is 7.81. The van der Waals surface area contributed by atoms with Gasteiger partial charge in [-0.2, -0.15) is 0 Å². The van der Waals surface area contributed by atoms with E-state index in [1.165, 1.54) is 0 Å². The Kier molecular flexibility index (Phi) is 9.52. The maximum Gasteiger partial charge on any atom is 0.146 e. The molecule has 5 nitrogen and oxygen atoms in total. The van der Waals surface area contributed by atoms with Crippen molar-refractivity contribution in [3.63, 3.8) is 0 Å². The summed E-state index contributed by atoms with van der Waals surface area (Å²) in [5, 5.41) is 0. The van der Waals surface area contributed by atoms with E-state index in [1.54, 1.807) is 14.2 Å². The molecule has 0 saturated heterocycles. The number of rotatable bonds is 12. The molecule has 130 valence electrons. The normalized spacial score (nSPS) is 15.0. The second-order valence-electron chi connectivity index (χ2n) is 5.70. The zero-order valence-corrected chi connectivity index (χ0v) is 14.5. The summed E-state index contributed by atoms with van der Waals surface area (Å²) in [4.78, 5) is 11.0. The van der Waals surface area contributed by atoms with Gasteiger partial charge in [-0.25, -0.2) is 0 Å². The highest BCUT2D eigenvalue weighted by Crippen LogP contribution is 2.19. The van der Waals surface area contributed by atoms with E-state index in [9.17, 15) is 4.79 Å². The number of benzene rings is 1. The molecule has 5 heteroatoms. The molecule has 0 fully saturated rings. The molecule has 1 aromatic carbocycles. The van der Waals surface area contributed by atoms with E-state index in [1.807, 2.05) is 31.2 Å². The molecule has 0 bridgehead atoms. The van der Waals surface area contributed by atoms with Gasteiger partial charge in [-0.1, -0.05) is 26.0 Å². The van der Waals surface area contributed by atoms with Gasteiger partial charge in [0.25, 0.3) is 0 Å². The van der Waals surface area contributed by atoms with E-state index < -0.39 is 0 Å². The third-order valence-corrected chi connectivity index (χ3v) is 3.82. The second-order valence-corrected chi connectivity index (χ2v) is 5.70. The summed E-state index contributed by atoms with van der Waals surface area (Å²) in [5.41, 5.74) is 1.10. The molecule has 0 radical (unpaired) electrons. The van der Waals surface area contributed by atoms with Crippen molar-refractivity contribution in [3.8, 4) is 5.75 Å². The Balaban J connectivity index is 2.34. The number of aldehydes is 1. The van der Waals surface area contributed by atoms with Crippen molar-refractivity contribution in [1.82, 2.24) is 0 Å². The Morgan fingerprint density at radius 3 is 2.39 bits per heavy atom. The molecule has 0 aliphatic heterocycles. The minimum atomic E-state index is -0.165. The van der Waals surface area contributed by atoms with Crippen molar-refractivity contribution in [3.05, 3.63) is 29.8 Å². The standard InChI is InChI=1S/C18H28O5/c1-14(18(15(2)11-19)23-13-20-3)9-10-22-12-16-5-7-17(21-4)8-6-16/h5-8,11,14-15,18H,9-10,12-13H2,1-4H3/t14-,15+,18-/m1/s1. The van der Waals surface area contributed by atoms with Crippen molar-refractivity contribution in [2.45, 2.75) is 33.0 Å². The molecular formula is C18H28O5. The number of ether oxygens (including phenoxy) is 4. The van der Waals surface area contributed by atoms with Crippen LogP contribution in [-0.4, -0.2) is 40.0 Å². The summed E-state index contributed by atoms with van der Waals surface area (Å²) in [7, 11) is 3.22. The lowest BCUT2D eigenvalue weighted by Gasteiger charge is -2.26. The first-order valence-electron chi connectivity index (χ1n) is 7.88.